The Labute approximate surface area is 235 Å². The van der Waals surface area contributed by atoms with Crippen LogP contribution in [-0.4, -0.2) is 17.1 Å². The van der Waals surface area contributed by atoms with E-state index in [1.165, 1.54) is 17.3 Å². The third kappa shape index (κ3) is 6.43. The number of anilines is 1. The van der Waals surface area contributed by atoms with Crippen LogP contribution in [0, 0.1) is 11.3 Å². The number of carbonyl (C=O) groups excluding carboxylic acids is 2. The second-order valence-electron chi connectivity index (χ2n) is 10.5. The molecule has 2 atom stereocenters. The Balaban J connectivity index is 1.68. The molecule has 3 aromatic rings. The lowest BCUT2D eigenvalue weighted by atomic mass is 10.00. The molecule has 200 valence electrons. The number of rotatable bonds is 8. The molecule has 3 aromatic carbocycles. The van der Waals surface area contributed by atoms with Crippen molar-refractivity contribution < 1.29 is 9.59 Å². The summed E-state index contributed by atoms with van der Waals surface area (Å²) in [6.07, 6.45) is 0.507. The van der Waals surface area contributed by atoms with Crippen LogP contribution in [0.1, 0.15) is 74.8 Å². The van der Waals surface area contributed by atoms with E-state index < -0.39 is 11.2 Å². The van der Waals surface area contributed by atoms with Gasteiger partial charge in [-0.05, 0) is 59.6 Å². The molecule has 5 nitrogen and oxygen atoms in total. The van der Waals surface area contributed by atoms with Crippen molar-refractivity contribution in [3.05, 3.63) is 112 Å². The molecular weight excluding hydrogens is 502 g/mol. The highest BCUT2D eigenvalue weighted by Gasteiger charge is 2.41. The molecule has 0 aliphatic carbocycles. The van der Waals surface area contributed by atoms with Crippen molar-refractivity contribution in [2.24, 2.45) is 0 Å². The summed E-state index contributed by atoms with van der Waals surface area (Å²) in [7, 11) is 0. The van der Waals surface area contributed by atoms with Gasteiger partial charge in [0.2, 0.25) is 5.91 Å². The number of hydrogen-bond acceptors (Lipinski definition) is 4. The minimum absolute atomic E-state index is 0.0540. The predicted molar refractivity (Wildman–Crippen MR) is 159 cm³/mol. The van der Waals surface area contributed by atoms with Crippen molar-refractivity contribution in [2.75, 3.05) is 4.90 Å². The highest BCUT2D eigenvalue weighted by atomic mass is 32.2. The molecule has 1 aliphatic heterocycles. The van der Waals surface area contributed by atoms with Crippen LogP contribution in [0.4, 0.5) is 5.69 Å². The highest BCUT2D eigenvalue weighted by Crippen LogP contribution is 2.42. The lowest BCUT2D eigenvalue weighted by molar-refractivity contribution is -0.117. The van der Waals surface area contributed by atoms with Gasteiger partial charge in [0.25, 0.3) is 5.91 Å². The summed E-state index contributed by atoms with van der Waals surface area (Å²) in [5.74, 6) is 0.154. The minimum Gasteiger partial charge on any atom is -0.345 e. The average molecular weight is 538 g/mol. The number of carbonyl (C=O) groups is 2. The molecule has 2 unspecified atom stereocenters. The molecule has 1 N–H and O–H groups in total. The van der Waals surface area contributed by atoms with Crippen LogP contribution in [-0.2, 0) is 16.0 Å². The first kappa shape index (κ1) is 28.2. The van der Waals surface area contributed by atoms with E-state index in [4.69, 9.17) is 0 Å². The second kappa shape index (κ2) is 12.4. The van der Waals surface area contributed by atoms with Crippen LogP contribution in [0.2, 0.25) is 0 Å². The van der Waals surface area contributed by atoms with Crippen molar-refractivity contribution in [1.82, 2.24) is 5.32 Å². The number of hydrogen-bond donors (Lipinski definition) is 1. The smallest absolute Gasteiger partial charge is 0.265 e. The van der Waals surface area contributed by atoms with E-state index in [1.807, 2.05) is 61.5 Å². The summed E-state index contributed by atoms with van der Waals surface area (Å²) in [6, 6.07) is 27.5. The van der Waals surface area contributed by atoms with Crippen molar-refractivity contribution in [3.8, 4) is 6.07 Å². The largest absolute Gasteiger partial charge is 0.345 e. The summed E-state index contributed by atoms with van der Waals surface area (Å²) in [6.45, 7) is 10.4. The number of amides is 2. The topological polar surface area (TPSA) is 73.2 Å². The first-order valence-corrected chi connectivity index (χ1v) is 14.3. The summed E-state index contributed by atoms with van der Waals surface area (Å²) >= 11 is 1.29. The first-order valence-electron chi connectivity index (χ1n) is 13.4. The number of benzene rings is 3. The van der Waals surface area contributed by atoms with Gasteiger partial charge in [0.1, 0.15) is 16.7 Å². The Morgan fingerprint density at radius 3 is 1.97 bits per heavy atom. The van der Waals surface area contributed by atoms with Crippen LogP contribution in [0.5, 0.6) is 0 Å². The van der Waals surface area contributed by atoms with Gasteiger partial charge in [-0.25, -0.2) is 0 Å². The molecule has 0 aromatic heterocycles. The lowest BCUT2D eigenvalue weighted by Gasteiger charge is -2.20. The van der Waals surface area contributed by atoms with Crippen LogP contribution in [0.25, 0.3) is 0 Å². The Morgan fingerprint density at radius 1 is 0.872 bits per heavy atom. The molecule has 39 heavy (non-hydrogen) atoms. The maximum absolute atomic E-state index is 13.8. The van der Waals surface area contributed by atoms with Crippen LogP contribution >= 0.6 is 11.8 Å². The van der Waals surface area contributed by atoms with E-state index >= 15 is 0 Å². The van der Waals surface area contributed by atoms with Crippen molar-refractivity contribution in [2.45, 2.75) is 64.2 Å². The molecule has 4 rings (SSSR count). The number of nitrogens with one attached hydrogen (secondary N) is 1. The highest BCUT2D eigenvalue weighted by molar-refractivity contribution is 8.05. The fourth-order valence-electron chi connectivity index (χ4n) is 4.58. The SMILES string of the molecule is CC(C)c1ccc(CC2S/C(=C(/C#N)C(=O)NC(C)c3ccccc3)N(c3ccc(C(C)C)cc3)C2=O)cc1. The predicted octanol–water partition coefficient (Wildman–Crippen LogP) is 7.24. The van der Waals surface area contributed by atoms with Gasteiger partial charge in [-0.1, -0.05) is 106 Å². The van der Waals surface area contributed by atoms with Crippen molar-refractivity contribution >= 4 is 29.3 Å². The number of nitriles is 1. The maximum atomic E-state index is 13.8. The summed E-state index contributed by atoms with van der Waals surface area (Å²) in [5, 5.41) is 13.0. The van der Waals surface area contributed by atoms with Gasteiger partial charge in [0.15, 0.2) is 0 Å². The Morgan fingerprint density at radius 2 is 1.44 bits per heavy atom. The zero-order valence-corrected chi connectivity index (χ0v) is 24.0. The zero-order valence-electron chi connectivity index (χ0n) is 23.1. The van der Waals surface area contributed by atoms with Crippen molar-refractivity contribution in [1.29, 1.82) is 5.26 Å². The zero-order chi connectivity index (χ0) is 28.1. The van der Waals surface area contributed by atoms with E-state index in [1.54, 1.807) is 4.90 Å². The van der Waals surface area contributed by atoms with E-state index in [-0.39, 0.29) is 17.5 Å². The molecule has 1 heterocycles. The van der Waals surface area contributed by atoms with Gasteiger partial charge < -0.3 is 5.32 Å². The van der Waals surface area contributed by atoms with Crippen LogP contribution in [0.3, 0.4) is 0 Å². The van der Waals surface area contributed by atoms with E-state index in [0.717, 1.165) is 16.7 Å². The normalized spacial score (nSPS) is 17.3. The fraction of sp³-hybridized carbons (Fsp3) is 0.303. The Hall–Kier alpha value is -3.82. The van der Waals surface area contributed by atoms with Gasteiger partial charge in [-0.2, -0.15) is 5.26 Å². The molecule has 2 amide bonds. The monoisotopic (exact) mass is 537 g/mol. The second-order valence-corrected chi connectivity index (χ2v) is 11.7. The van der Waals surface area contributed by atoms with Gasteiger partial charge in [-0.3, -0.25) is 14.5 Å². The molecular formula is C33H35N3O2S. The molecule has 0 spiro atoms. The van der Waals surface area contributed by atoms with Gasteiger partial charge in [0, 0.05) is 5.69 Å². The number of thioether (sulfide) groups is 1. The standard InChI is InChI=1S/C33H35N3O2S/c1-21(2)25-13-11-24(12-14-25)19-30-32(38)36(28-17-15-26(16-18-28)22(3)4)33(39-30)29(20-34)31(37)35-23(5)27-9-7-6-8-10-27/h6-18,21-23,30H,19H2,1-5H3,(H,35,37)/b33-29-. The first-order chi connectivity index (χ1) is 18.7. The minimum atomic E-state index is -0.491. The summed E-state index contributed by atoms with van der Waals surface area (Å²) < 4.78 is 0. The molecule has 0 radical (unpaired) electrons. The van der Waals surface area contributed by atoms with E-state index in [0.29, 0.717) is 29.0 Å². The summed E-state index contributed by atoms with van der Waals surface area (Å²) in [5.41, 5.74) is 4.98. The Kier molecular flexibility index (Phi) is 8.93. The van der Waals surface area contributed by atoms with E-state index in [2.05, 4.69) is 63.3 Å². The molecule has 1 aliphatic rings. The molecule has 1 saturated heterocycles. The quantitative estimate of drug-likeness (QED) is 0.243. The average Bonchev–Trinajstić information content (AvgIpc) is 3.24. The maximum Gasteiger partial charge on any atom is 0.265 e. The van der Waals surface area contributed by atoms with Crippen LogP contribution < -0.4 is 10.2 Å². The van der Waals surface area contributed by atoms with Gasteiger partial charge in [-0.15, -0.1) is 0 Å². The van der Waals surface area contributed by atoms with Crippen LogP contribution in [0.15, 0.2) is 89.5 Å². The molecule has 6 heteroatoms. The lowest BCUT2D eigenvalue weighted by Crippen LogP contribution is -2.32. The third-order valence-electron chi connectivity index (χ3n) is 7.04. The van der Waals surface area contributed by atoms with E-state index in [9.17, 15) is 14.9 Å². The van der Waals surface area contributed by atoms with Crippen molar-refractivity contribution in [3.63, 3.8) is 0 Å². The molecule has 0 saturated carbocycles. The molecule has 1 fully saturated rings. The fourth-order valence-corrected chi connectivity index (χ4v) is 5.89. The number of nitrogens with zero attached hydrogens (tertiary/aromatic N) is 2. The molecule has 0 bridgehead atoms. The summed E-state index contributed by atoms with van der Waals surface area (Å²) in [4.78, 5) is 28.8. The third-order valence-corrected chi connectivity index (χ3v) is 8.30. The van der Waals surface area contributed by atoms with Gasteiger partial charge >= 0.3 is 0 Å². The van der Waals surface area contributed by atoms with Gasteiger partial charge in [0.05, 0.1) is 11.3 Å². The Bertz CT molecular complexity index is 1390.